The number of amides is 1. The van der Waals surface area contributed by atoms with Crippen LogP contribution >= 0.6 is 22.9 Å². The standard InChI is InChI=1S/C13H8ClN3OS/c14-13-16-5-4-9(17-13)11-6-8-7(12(15)18)2-1-3-10(8)19-11/h1-6H,(H2,15,18). The summed E-state index contributed by atoms with van der Waals surface area (Å²) < 4.78 is 0.987. The Balaban J connectivity index is 2.22. The predicted molar refractivity (Wildman–Crippen MR) is 76.4 cm³/mol. The maximum Gasteiger partial charge on any atom is 0.249 e. The van der Waals surface area contributed by atoms with Crippen LogP contribution < -0.4 is 5.73 Å². The number of primary amides is 1. The van der Waals surface area contributed by atoms with Gasteiger partial charge in [0.1, 0.15) is 0 Å². The highest BCUT2D eigenvalue weighted by molar-refractivity contribution is 7.22. The number of halogens is 1. The number of hydrogen-bond acceptors (Lipinski definition) is 4. The largest absolute Gasteiger partial charge is 0.366 e. The second-order valence-electron chi connectivity index (χ2n) is 3.90. The van der Waals surface area contributed by atoms with Crippen LogP contribution in [-0.4, -0.2) is 15.9 Å². The molecule has 1 aromatic carbocycles. The molecule has 0 aliphatic heterocycles. The number of rotatable bonds is 2. The lowest BCUT2D eigenvalue weighted by molar-refractivity contribution is 0.100. The number of carbonyl (C=O) groups is 1. The van der Waals surface area contributed by atoms with Gasteiger partial charge in [0.15, 0.2) is 0 Å². The maximum atomic E-state index is 11.4. The van der Waals surface area contributed by atoms with Crippen LogP contribution in [-0.2, 0) is 0 Å². The summed E-state index contributed by atoms with van der Waals surface area (Å²) in [6.07, 6.45) is 1.60. The Bertz CT molecular complexity index is 784. The molecule has 1 amide bonds. The van der Waals surface area contributed by atoms with E-state index in [4.69, 9.17) is 17.3 Å². The molecule has 0 saturated carbocycles. The summed E-state index contributed by atoms with van der Waals surface area (Å²) in [6.45, 7) is 0. The number of nitrogens with two attached hydrogens (primary N) is 1. The van der Waals surface area contributed by atoms with Crippen molar-refractivity contribution in [3.8, 4) is 10.6 Å². The maximum absolute atomic E-state index is 11.4. The van der Waals surface area contributed by atoms with Gasteiger partial charge in [-0.05, 0) is 35.9 Å². The van der Waals surface area contributed by atoms with Crippen LogP contribution in [0.1, 0.15) is 10.4 Å². The van der Waals surface area contributed by atoms with E-state index in [1.54, 1.807) is 18.3 Å². The van der Waals surface area contributed by atoms with Gasteiger partial charge in [-0.2, -0.15) is 0 Å². The molecule has 3 aromatic rings. The fourth-order valence-electron chi connectivity index (χ4n) is 1.87. The molecule has 0 aliphatic rings. The fraction of sp³-hybridized carbons (Fsp3) is 0. The highest BCUT2D eigenvalue weighted by Crippen LogP contribution is 2.34. The number of hydrogen-bond donors (Lipinski definition) is 1. The third-order valence-corrected chi connectivity index (χ3v) is 4.01. The summed E-state index contributed by atoms with van der Waals surface area (Å²) >= 11 is 7.32. The van der Waals surface area contributed by atoms with Gasteiger partial charge in [0.25, 0.3) is 0 Å². The average Bonchev–Trinajstić information content (AvgIpc) is 2.82. The molecule has 0 saturated heterocycles. The van der Waals surface area contributed by atoms with Crippen molar-refractivity contribution in [3.63, 3.8) is 0 Å². The smallest absolute Gasteiger partial charge is 0.249 e. The Morgan fingerprint density at radius 2 is 2.16 bits per heavy atom. The summed E-state index contributed by atoms with van der Waals surface area (Å²) in [5, 5.41) is 1.04. The molecule has 94 valence electrons. The highest BCUT2D eigenvalue weighted by Gasteiger charge is 2.11. The van der Waals surface area contributed by atoms with Crippen LogP contribution in [0.25, 0.3) is 20.7 Å². The molecule has 2 aromatic heterocycles. The molecule has 6 heteroatoms. The molecule has 0 radical (unpaired) electrons. The van der Waals surface area contributed by atoms with E-state index in [-0.39, 0.29) is 5.28 Å². The average molecular weight is 290 g/mol. The number of aromatic nitrogens is 2. The first kappa shape index (κ1) is 12.1. The number of carbonyl (C=O) groups excluding carboxylic acids is 1. The molecule has 0 atom stereocenters. The van der Waals surface area contributed by atoms with Crippen molar-refractivity contribution in [2.24, 2.45) is 5.73 Å². The lowest BCUT2D eigenvalue weighted by Crippen LogP contribution is -2.10. The summed E-state index contributed by atoms with van der Waals surface area (Å²) in [6, 6.07) is 9.15. The number of nitrogens with zero attached hydrogens (tertiary/aromatic N) is 2. The van der Waals surface area contributed by atoms with Gasteiger partial charge in [0.05, 0.1) is 10.6 Å². The third-order valence-electron chi connectivity index (χ3n) is 2.71. The van der Waals surface area contributed by atoms with E-state index in [1.165, 1.54) is 11.3 Å². The van der Waals surface area contributed by atoms with Gasteiger partial charge in [-0.1, -0.05) is 6.07 Å². The first-order valence-electron chi connectivity index (χ1n) is 5.46. The van der Waals surface area contributed by atoms with Crippen molar-refractivity contribution in [3.05, 3.63) is 47.4 Å². The highest BCUT2D eigenvalue weighted by atomic mass is 35.5. The van der Waals surface area contributed by atoms with Gasteiger partial charge in [-0.15, -0.1) is 11.3 Å². The van der Waals surface area contributed by atoms with Gasteiger partial charge in [0.2, 0.25) is 11.2 Å². The minimum Gasteiger partial charge on any atom is -0.366 e. The van der Waals surface area contributed by atoms with Gasteiger partial charge in [-0.3, -0.25) is 4.79 Å². The third kappa shape index (κ3) is 2.18. The summed E-state index contributed by atoms with van der Waals surface area (Å²) in [5.41, 5.74) is 6.62. The minimum atomic E-state index is -0.435. The molecule has 3 rings (SSSR count). The van der Waals surface area contributed by atoms with Crippen LogP contribution in [0.15, 0.2) is 36.5 Å². The number of fused-ring (bicyclic) bond motifs is 1. The SMILES string of the molecule is NC(=O)c1cccc2sc(-c3ccnc(Cl)n3)cc12. The molecule has 0 fully saturated rings. The zero-order valence-electron chi connectivity index (χ0n) is 9.63. The molecular weight excluding hydrogens is 282 g/mol. The van der Waals surface area contributed by atoms with Crippen LogP contribution in [0, 0.1) is 0 Å². The monoisotopic (exact) mass is 289 g/mol. The Morgan fingerprint density at radius 1 is 1.32 bits per heavy atom. The molecule has 2 heterocycles. The summed E-state index contributed by atoms with van der Waals surface area (Å²) in [5.74, 6) is -0.435. The van der Waals surface area contributed by atoms with Crippen molar-refractivity contribution >= 4 is 38.9 Å². The second kappa shape index (κ2) is 4.60. The molecule has 0 bridgehead atoms. The van der Waals surface area contributed by atoms with E-state index < -0.39 is 5.91 Å². The Labute approximate surface area is 117 Å². The van der Waals surface area contributed by atoms with Crippen molar-refractivity contribution < 1.29 is 4.79 Å². The van der Waals surface area contributed by atoms with E-state index in [2.05, 4.69) is 9.97 Å². The Kier molecular flexibility index (Phi) is 2.93. The van der Waals surface area contributed by atoms with Gasteiger partial charge in [-0.25, -0.2) is 9.97 Å². The normalized spacial score (nSPS) is 10.8. The molecule has 0 unspecified atom stereocenters. The Hall–Kier alpha value is -1.98. The molecular formula is C13H8ClN3OS. The quantitative estimate of drug-likeness (QED) is 0.737. The summed E-state index contributed by atoms with van der Waals surface area (Å²) in [7, 11) is 0. The van der Waals surface area contributed by atoms with Gasteiger partial charge in [0, 0.05) is 21.8 Å². The van der Waals surface area contributed by atoms with Crippen LogP contribution in [0.5, 0.6) is 0 Å². The lowest BCUT2D eigenvalue weighted by atomic mass is 10.1. The van der Waals surface area contributed by atoms with E-state index in [9.17, 15) is 4.79 Å². The lowest BCUT2D eigenvalue weighted by Gasteiger charge is -1.96. The topological polar surface area (TPSA) is 68.9 Å². The second-order valence-corrected chi connectivity index (χ2v) is 5.33. The van der Waals surface area contributed by atoms with Crippen molar-refractivity contribution in [2.75, 3.05) is 0 Å². The first-order valence-corrected chi connectivity index (χ1v) is 6.66. The molecule has 0 aliphatic carbocycles. The zero-order valence-corrected chi connectivity index (χ0v) is 11.2. The predicted octanol–water partition coefficient (Wildman–Crippen LogP) is 3.11. The van der Waals surface area contributed by atoms with E-state index in [0.717, 1.165) is 20.7 Å². The van der Waals surface area contributed by atoms with Crippen molar-refractivity contribution in [1.29, 1.82) is 0 Å². The molecule has 4 nitrogen and oxygen atoms in total. The van der Waals surface area contributed by atoms with Crippen LogP contribution in [0.2, 0.25) is 5.28 Å². The van der Waals surface area contributed by atoms with Gasteiger partial charge >= 0.3 is 0 Å². The molecule has 2 N–H and O–H groups in total. The van der Waals surface area contributed by atoms with E-state index in [0.29, 0.717) is 5.56 Å². The van der Waals surface area contributed by atoms with Crippen molar-refractivity contribution in [2.45, 2.75) is 0 Å². The van der Waals surface area contributed by atoms with Crippen LogP contribution in [0.3, 0.4) is 0 Å². The van der Waals surface area contributed by atoms with Crippen LogP contribution in [0.4, 0.5) is 0 Å². The zero-order chi connectivity index (χ0) is 13.4. The molecule has 0 spiro atoms. The summed E-state index contributed by atoms with van der Waals surface area (Å²) in [4.78, 5) is 20.3. The Morgan fingerprint density at radius 3 is 2.89 bits per heavy atom. The fourth-order valence-corrected chi connectivity index (χ4v) is 3.08. The molecule has 19 heavy (non-hydrogen) atoms. The number of benzene rings is 1. The van der Waals surface area contributed by atoms with Crippen molar-refractivity contribution in [1.82, 2.24) is 9.97 Å². The minimum absolute atomic E-state index is 0.199. The van der Waals surface area contributed by atoms with Gasteiger partial charge < -0.3 is 5.73 Å². The number of thiophene rings is 1. The van der Waals surface area contributed by atoms with E-state index >= 15 is 0 Å². The first-order chi connectivity index (χ1) is 9.15. The van der Waals surface area contributed by atoms with E-state index in [1.807, 2.05) is 18.2 Å².